The zero-order valence-electron chi connectivity index (χ0n) is 27.6. The van der Waals surface area contributed by atoms with E-state index in [9.17, 15) is 15.0 Å². The zero-order valence-corrected chi connectivity index (χ0v) is 27.6. The van der Waals surface area contributed by atoms with Crippen molar-refractivity contribution < 1.29 is 29.2 Å². The second-order valence-electron chi connectivity index (χ2n) is 13.1. The number of esters is 1. The van der Waals surface area contributed by atoms with Gasteiger partial charge in [0.05, 0.1) is 18.1 Å². The van der Waals surface area contributed by atoms with E-state index in [-0.39, 0.29) is 17.8 Å². The first-order chi connectivity index (χ1) is 19.1. The summed E-state index contributed by atoms with van der Waals surface area (Å²) < 4.78 is 19.0. The summed E-state index contributed by atoms with van der Waals surface area (Å²) in [5.74, 6) is -1.46. The number of hydrogen-bond donors (Lipinski definition) is 3. The van der Waals surface area contributed by atoms with Crippen LogP contribution in [0.1, 0.15) is 102 Å². The third-order valence-electron chi connectivity index (χ3n) is 9.17. The van der Waals surface area contributed by atoms with Crippen LogP contribution >= 0.6 is 0 Å². The second-order valence-corrected chi connectivity index (χ2v) is 13.1. The first-order valence-corrected chi connectivity index (χ1v) is 15.9. The van der Waals surface area contributed by atoms with Crippen molar-refractivity contribution in [3.8, 4) is 0 Å². The number of ether oxygens (including phenoxy) is 3. The molecule has 1 heterocycles. The number of carbonyl (C=O) groups excluding carboxylic acids is 1. The molecule has 3 N–H and O–H groups in total. The molecule has 0 bridgehead atoms. The Kier molecular flexibility index (Phi) is 12.7. The van der Waals surface area contributed by atoms with Gasteiger partial charge in [-0.2, -0.15) is 0 Å². The highest BCUT2D eigenvalue weighted by Gasteiger charge is 2.67. The first-order valence-electron chi connectivity index (χ1n) is 15.9. The van der Waals surface area contributed by atoms with Gasteiger partial charge in [0.15, 0.2) is 5.79 Å². The maximum atomic E-state index is 13.6. The van der Waals surface area contributed by atoms with Gasteiger partial charge in [0.1, 0.15) is 23.5 Å². The van der Waals surface area contributed by atoms with Crippen molar-refractivity contribution in [2.24, 2.45) is 29.1 Å². The molecule has 2 rings (SSSR count). The molecule has 1 fully saturated rings. The average molecular weight is 578 g/mol. The Balaban J connectivity index is 2.90. The number of rotatable bonds is 12. The molecule has 7 heteroatoms. The molecular formula is C34H59NO6. The van der Waals surface area contributed by atoms with E-state index < -0.39 is 41.1 Å². The molecule has 0 saturated carbocycles. The molecular weight excluding hydrogens is 518 g/mol. The van der Waals surface area contributed by atoms with Gasteiger partial charge in [-0.1, -0.05) is 72.3 Å². The van der Waals surface area contributed by atoms with Crippen LogP contribution in [0.25, 0.3) is 0 Å². The standard InChI is InChI=1S/C34H59NO6/c1-12-17-33(24(8)20-23(7)13-2)29(36)26(14-3)21-27-16-18-39-32(10,11)41-30(27)34(33,38)25(9)40-31(37)28(35-15-4)19-22(5)6/h12,17,19,21-26,29-30,35-36,38H,13-16,18,20H2,1-11H3/b17-12+,28-19-/t23-,24+,25?,26?,29?,30?,33?,34?/m0/s1. The Morgan fingerprint density at radius 1 is 1.20 bits per heavy atom. The highest BCUT2D eigenvalue weighted by Crippen LogP contribution is 2.57. The van der Waals surface area contributed by atoms with E-state index in [0.29, 0.717) is 37.6 Å². The van der Waals surface area contributed by atoms with Crippen LogP contribution < -0.4 is 5.32 Å². The van der Waals surface area contributed by atoms with Crippen LogP contribution in [0.4, 0.5) is 0 Å². The molecule has 0 aromatic carbocycles. The van der Waals surface area contributed by atoms with Crippen LogP contribution in [0.3, 0.4) is 0 Å². The van der Waals surface area contributed by atoms with Crippen molar-refractivity contribution in [2.75, 3.05) is 13.2 Å². The van der Waals surface area contributed by atoms with Gasteiger partial charge >= 0.3 is 5.97 Å². The topological polar surface area (TPSA) is 97.2 Å². The maximum Gasteiger partial charge on any atom is 0.354 e. The van der Waals surface area contributed by atoms with Gasteiger partial charge in [-0.25, -0.2) is 4.79 Å². The minimum absolute atomic E-state index is 0.121. The number of aliphatic hydroxyl groups is 2. The SMILES string of the molecule is C/C=C/C1([C@H](C)C[C@@H](C)CC)C(O)C(CC)C=C2CCOC(C)(C)OC2C1(O)C(C)OC(=O)/C(=C/C(C)C)NCC. The monoisotopic (exact) mass is 577 g/mol. The Morgan fingerprint density at radius 2 is 1.85 bits per heavy atom. The molecule has 41 heavy (non-hydrogen) atoms. The third-order valence-corrected chi connectivity index (χ3v) is 9.17. The van der Waals surface area contributed by atoms with Crippen LogP contribution in [0.15, 0.2) is 35.6 Å². The molecule has 0 radical (unpaired) electrons. The van der Waals surface area contributed by atoms with Crippen molar-refractivity contribution >= 4 is 5.97 Å². The number of aliphatic hydroxyl groups excluding tert-OH is 1. The van der Waals surface area contributed by atoms with Crippen molar-refractivity contribution in [3.63, 3.8) is 0 Å². The molecule has 0 amide bonds. The maximum absolute atomic E-state index is 13.6. The minimum atomic E-state index is -1.82. The highest BCUT2D eigenvalue weighted by molar-refractivity contribution is 5.88. The van der Waals surface area contributed by atoms with E-state index >= 15 is 0 Å². The summed E-state index contributed by atoms with van der Waals surface area (Å²) >= 11 is 0. The summed E-state index contributed by atoms with van der Waals surface area (Å²) in [4.78, 5) is 13.6. The van der Waals surface area contributed by atoms with Crippen molar-refractivity contribution in [2.45, 2.75) is 132 Å². The van der Waals surface area contributed by atoms with Gasteiger partial charge in [-0.15, -0.1) is 0 Å². The van der Waals surface area contributed by atoms with E-state index in [1.165, 1.54) is 0 Å². The van der Waals surface area contributed by atoms with Gasteiger partial charge in [-0.05, 0) is 77.2 Å². The van der Waals surface area contributed by atoms with Crippen molar-refractivity contribution in [1.82, 2.24) is 5.32 Å². The molecule has 2 aliphatic rings. The summed E-state index contributed by atoms with van der Waals surface area (Å²) in [7, 11) is 0. The first kappa shape index (κ1) is 35.5. The predicted octanol–water partition coefficient (Wildman–Crippen LogP) is 6.30. The molecule has 6 unspecified atom stereocenters. The van der Waals surface area contributed by atoms with Crippen molar-refractivity contribution in [1.29, 1.82) is 0 Å². The van der Waals surface area contributed by atoms with Crippen LogP contribution in [0, 0.1) is 29.1 Å². The fraction of sp³-hybridized carbons (Fsp3) is 0.794. The zero-order chi connectivity index (χ0) is 31.2. The van der Waals surface area contributed by atoms with E-state index in [1.54, 1.807) is 6.92 Å². The van der Waals surface area contributed by atoms with Gasteiger partial charge < -0.3 is 29.7 Å². The van der Waals surface area contributed by atoms with E-state index in [0.717, 1.165) is 18.4 Å². The molecule has 236 valence electrons. The molecule has 7 nitrogen and oxygen atoms in total. The molecule has 8 atom stereocenters. The smallest absolute Gasteiger partial charge is 0.354 e. The number of carbonyl (C=O) groups is 1. The predicted molar refractivity (Wildman–Crippen MR) is 165 cm³/mol. The van der Waals surface area contributed by atoms with Crippen LogP contribution in [0.2, 0.25) is 0 Å². The molecule has 0 aromatic heterocycles. The van der Waals surface area contributed by atoms with Gasteiger partial charge in [0.2, 0.25) is 0 Å². The third kappa shape index (κ3) is 7.46. The Hall–Kier alpha value is -1.67. The second kappa shape index (κ2) is 14.7. The number of fused-ring (bicyclic) bond motifs is 1. The Labute approximate surface area is 249 Å². The summed E-state index contributed by atoms with van der Waals surface area (Å²) in [6, 6.07) is 0. The number of hydrogen-bond acceptors (Lipinski definition) is 7. The largest absolute Gasteiger partial charge is 0.455 e. The van der Waals surface area contributed by atoms with E-state index in [2.05, 4.69) is 39.1 Å². The van der Waals surface area contributed by atoms with Crippen LogP contribution in [-0.2, 0) is 19.0 Å². The fourth-order valence-corrected chi connectivity index (χ4v) is 6.93. The summed E-state index contributed by atoms with van der Waals surface area (Å²) in [5.41, 5.74) is -1.78. The number of likely N-dealkylation sites (N-methyl/N-ethyl adjacent to an activating group) is 1. The molecule has 1 aliphatic heterocycles. The van der Waals surface area contributed by atoms with E-state index in [4.69, 9.17) is 14.2 Å². The average Bonchev–Trinajstić information content (AvgIpc) is 3.09. The fourth-order valence-electron chi connectivity index (χ4n) is 6.93. The molecule has 1 saturated heterocycles. The van der Waals surface area contributed by atoms with Crippen molar-refractivity contribution in [3.05, 3.63) is 35.6 Å². The highest BCUT2D eigenvalue weighted by atomic mass is 16.7. The molecule has 0 aromatic rings. The number of allylic oxidation sites excluding steroid dienone is 2. The molecule has 1 aliphatic carbocycles. The number of nitrogens with one attached hydrogen (secondary N) is 1. The normalized spacial score (nSPS) is 32.9. The lowest BCUT2D eigenvalue weighted by Crippen LogP contribution is -2.70. The summed E-state index contributed by atoms with van der Waals surface area (Å²) in [6.07, 6.45) is 7.92. The Morgan fingerprint density at radius 3 is 2.39 bits per heavy atom. The lowest BCUT2D eigenvalue weighted by molar-refractivity contribution is -0.295. The lowest BCUT2D eigenvalue weighted by Gasteiger charge is -2.57. The van der Waals surface area contributed by atoms with Crippen LogP contribution in [-0.4, -0.2) is 59.0 Å². The van der Waals surface area contributed by atoms with E-state index in [1.807, 2.05) is 59.8 Å². The minimum Gasteiger partial charge on any atom is -0.455 e. The summed E-state index contributed by atoms with van der Waals surface area (Å²) in [6.45, 7) is 22.8. The van der Waals surface area contributed by atoms with Gasteiger partial charge in [-0.3, -0.25) is 0 Å². The Bertz CT molecular complexity index is 955. The molecule has 0 spiro atoms. The quantitative estimate of drug-likeness (QED) is 0.142. The van der Waals surface area contributed by atoms with Gasteiger partial charge in [0, 0.05) is 12.5 Å². The summed E-state index contributed by atoms with van der Waals surface area (Å²) in [5, 5.41) is 29.0. The van der Waals surface area contributed by atoms with Crippen LogP contribution in [0.5, 0.6) is 0 Å². The van der Waals surface area contributed by atoms with Gasteiger partial charge in [0.25, 0.3) is 0 Å². The lowest BCUT2D eigenvalue weighted by atomic mass is 9.54.